The van der Waals surface area contributed by atoms with Crippen molar-refractivity contribution in [2.24, 2.45) is 10.2 Å². The van der Waals surface area contributed by atoms with E-state index in [1.165, 1.54) is 0 Å². The van der Waals surface area contributed by atoms with Gasteiger partial charge in [-0.1, -0.05) is 40.8 Å². The van der Waals surface area contributed by atoms with Crippen molar-refractivity contribution >= 4 is 98.8 Å². The molecule has 0 unspecified atom stereocenters. The van der Waals surface area contributed by atoms with Crippen molar-refractivity contribution in [3.63, 3.8) is 0 Å². The molecular weight excluding hydrogens is 752 g/mol. The van der Waals surface area contributed by atoms with Crippen LogP contribution in [0.25, 0.3) is 10.8 Å². The zero-order chi connectivity index (χ0) is 31.4. The van der Waals surface area contributed by atoms with Gasteiger partial charge in [0.15, 0.2) is 11.0 Å². The molecule has 0 aliphatic carbocycles. The summed E-state index contributed by atoms with van der Waals surface area (Å²) in [4.78, 5) is 4.06. The summed E-state index contributed by atoms with van der Waals surface area (Å²) in [6.45, 7) is 0. The molecule has 0 fully saturated rings. The van der Waals surface area contributed by atoms with Crippen LogP contribution < -0.4 is 15.5 Å². The molecular formula is C20H10Cl3CuN5O11S3. The van der Waals surface area contributed by atoms with Crippen LogP contribution >= 0.6 is 34.8 Å². The molecule has 1 aromatic heterocycles. The van der Waals surface area contributed by atoms with Gasteiger partial charge < -0.3 is 29.2 Å². The van der Waals surface area contributed by atoms with Crippen molar-refractivity contribution in [1.29, 1.82) is 0 Å². The Morgan fingerprint density at radius 2 is 1.42 bits per heavy atom. The number of nitrogens with zero attached hydrogens (tertiary/aromatic N) is 4. The fourth-order valence-electron chi connectivity index (χ4n) is 3.41. The number of hydrogen-bond acceptors (Lipinski definition) is 16. The first kappa shape index (κ1) is 34.6. The van der Waals surface area contributed by atoms with Crippen LogP contribution in [-0.2, 0) is 47.4 Å². The minimum Gasteiger partial charge on any atom is -0.871 e. The Balaban J connectivity index is 0.00000506. The van der Waals surface area contributed by atoms with Gasteiger partial charge in [-0.25, -0.2) is 30.2 Å². The number of azo groups is 1. The van der Waals surface area contributed by atoms with Gasteiger partial charge in [-0.3, -0.25) is 0 Å². The molecule has 1 N–H and O–H groups in total. The number of halogens is 3. The van der Waals surface area contributed by atoms with Gasteiger partial charge in [0.25, 0.3) is 0 Å². The fourth-order valence-corrected chi connectivity index (χ4v) is 5.59. The number of anilines is 2. The van der Waals surface area contributed by atoms with Gasteiger partial charge in [0.1, 0.15) is 35.4 Å². The van der Waals surface area contributed by atoms with Crippen LogP contribution in [-0.4, -0.2) is 48.9 Å². The van der Waals surface area contributed by atoms with Gasteiger partial charge >= 0.3 is 21.3 Å². The minimum atomic E-state index is -5.58. The van der Waals surface area contributed by atoms with Crippen molar-refractivity contribution < 1.29 is 70.5 Å². The van der Waals surface area contributed by atoms with Crippen LogP contribution in [0.5, 0.6) is 11.5 Å². The predicted molar refractivity (Wildman–Crippen MR) is 141 cm³/mol. The number of benzene rings is 3. The molecule has 0 amide bonds. The first-order valence-electron chi connectivity index (χ1n) is 10.3. The van der Waals surface area contributed by atoms with E-state index in [0.717, 1.165) is 0 Å². The van der Waals surface area contributed by atoms with Crippen molar-refractivity contribution in [2.45, 2.75) is 14.7 Å². The van der Waals surface area contributed by atoms with Crippen LogP contribution in [0.4, 0.5) is 22.9 Å². The van der Waals surface area contributed by atoms with Crippen molar-refractivity contribution in [2.75, 3.05) is 5.32 Å². The number of fused-ring (bicyclic) bond motifs is 1. The predicted octanol–water partition coefficient (Wildman–Crippen LogP) is 2.94. The molecule has 0 aliphatic rings. The quantitative estimate of drug-likeness (QED) is 0.0932. The van der Waals surface area contributed by atoms with E-state index >= 15 is 0 Å². The summed E-state index contributed by atoms with van der Waals surface area (Å²) < 4.78 is 106. The molecule has 4 rings (SSSR count). The fraction of sp³-hybridized carbons (Fsp3) is 0. The Morgan fingerprint density at radius 1 is 0.791 bits per heavy atom. The summed E-state index contributed by atoms with van der Waals surface area (Å²) in [5.41, 5.74) is -2.59. The summed E-state index contributed by atoms with van der Waals surface area (Å²) in [6.07, 6.45) is 0. The maximum Gasteiger partial charge on any atom is 2.00 e. The van der Waals surface area contributed by atoms with Gasteiger partial charge in [0, 0.05) is 5.69 Å². The molecule has 1 heterocycles. The topological polar surface area (TPSA) is 280 Å². The van der Waals surface area contributed by atoms with E-state index in [0.29, 0.717) is 36.4 Å². The van der Waals surface area contributed by atoms with Crippen LogP contribution in [0.2, 0.25) is 15.5 Å². The Morgan fingerprint density at radius 3 is 2.00 bits per heavy atom. The number of hydrogen-bond donors (Lipinski definition) is 1. The second-order valence-corrected chi connectivity index (χ2v) is 13.1. The normalized spacial score (nSPS) is 12.4. The van der Waals surface area contributed by atoms with E-state index in [2.05, 4.69) is 25.5 Å². The van der Waals surface area contributed by atoms with Crippen molar-refractivity contribution in [3.8, 4) is 11.5 Å². The van der Waals surface area contributed by atoms with E-state index in [1.54, 1.807) is 0 Å². The standard InChI is InChI=1S/C20H12Cl3N5O11S3.Cu/c21-15-18(22)25-20(23)26-19(15)24-11-6-9(41(34,35)36)3-7-4-13(42(37,38)39)16(17(30)14(7)11)28-27-10-5-8(40(31,32)33)1-2-12(10)29;/h1-6,29-30H,(H,24,25,26)(H,31,32,33)(H,34,35,36)(H,37,38,39);/q;+2/p-2. The van der Waals surface area contributed by atoms with Crippen LogP contribution in [0, 0.1) is 0 Å². The van der Waals surface area contributed by atoms with Gasteiger partial charge in [-0.05, 0) is 52.7 Å². The van der Waals surface area contributed by atoms with Gasteiger partial charge in [0.05, 0.1) is 26.1 Å². The summed E-state index contributed by atoms with van der Waals surface area (Å²) >= 11 is 17.7. The van der Waals surface area contributed by atoms with Crippen LogP contribution in [0.15, 0.2) is 61.3 Å². The summed E-state index contributed by atoms with van der Waals surface area (Å²) in [6, 6.07) is 3.55. The number of rotatable bonds is 7. The van der Waals surface area contributed by atoms with Gasteiger partial charge in [0.2, 0.25) is 5.28 Å². The first-order chi connectivity index (χ1) is 19.3. The third-order valence-corrected chi connectivity index (χ3v) is 8.57. The Hall–Kier alpha value is -2.88. The maximum absolute atomic E-state index is 13.6. The average molecular weight is 762 g/mol. The zero-order valence-electron chi connectivity index (χ0n) is 22.9. The molecule has 0 spiro atoms. The molecule has 43 heavy (non-hydrogen) atoms. The maximum atomic E-state index is 13.6. The molecule has 3 aromatic carbocycles. The third kappa shape index (κ3) is 7.44. The van der Waals surface area contributed by atoms with E-state index in [1.807, 2.05) is 0 Å². The van der Waals surface area contributed by atoms with Gasteiger partial charge in [-0.15, -0.1) is 5.11 Å². The molecule has 0 bridgehead atoms. The zero-order valence-corrected chi connectivity index (χ0v) is 25.6. The second-order valence-electron chi connectivity index (χ2n) is 7.88. The summed E-state index contributed by atoms with van der Waals surface area (Å²) in [5.74, 6) is -2.82. The van der Waals surface area contributed by atoms with E-state index < -0.39 is 95.5 Å². The van der Waals surface area contributed by atoms with E-state index in [-0.39, 0.29) is 31.5 Å². The summed E-state index contributed by atoms with van der Waals surface area (Å²) in [5, 5.41) is 32.5. The largest absolute Gasteiger partial charge is 2.00 e. The van der Waals surface area contributed by atoms with E-state index in [9.17, 15) is 49.1 Å². The molecule has 23 heteroatoms. The molecule has 4 aromatic rings. The van der Waals surface area contributed by atoms with Gasteiger partial charge in [-0.2, -0.15) is 10.1 Å². The van der Waals surface area contributed by atoms with E-state index in [4.69, 9.17) is 34.8 Å². The monoisotopic (exact) mass is 760 g/mol. The number of aromatic nitrogens is 2. The average Bonchev–Trinajstić information content (AvgIpc) is 2.85. The Kier molecular flexibility index (Phi) is 9.86. The Labute approximate surface area is 271 Å². The second kappa shape index (κ2) is 12.3. The van der Waals surface area contributed by atoms with Crippen molar-refractivity contribution in [3.05, 3.63) is 51.9 Å². The smallest absolute Gasteiger partial charge is 0.871 e. The molecule has 0 aliphatic heterocycles. The molecule has 1 radical (unpaired) electrons. The molecule has 16 nitrogen and oxygen atoms in total. The molecule has 0 saturated carbocycles. The SMILES string of the molecule is O=S(=O)([O-])c1ccc([O-])c(N=Nc2c(S(=O)(=O)[O-])cc3cc(S(=O)(=O)[O-])cc(Nc4nc(Cl)nc(Cl)c4Cl)c3c2[O-])c1.[Cu+2].[H+].[H+].[H+]. The molecule has 0 saturated heterocycles. The van der Waals surface area contributed by atoms with Crippen LogP contribution in [0.1, 0.15) is 4.28 Å². The first-order valence-corrected chi connectivity index (χ1v) is 15.7. The number of nitrogens with one attached hydrogen (secondary N) is 1. The Bertz CT molecular complexity index is 2180. The van der Waals surface area contributed by atoms with Crippen molar-refractivity contribution in [1.82, 2.24) is 9.97 Å². The molecule has 231 valence electrons. The summed E-state index contributed by atoms with van der Waals surface area (Å²) in [7, 11) is -15.9. The van der Waals surface area contributed by atoms with Crippen LogP contribution in [0.3, 0.4) is 0 Å². The molecule has 0 atom stereocenters. The third-order valence-electron chi connectivity index (χ3n) is 5.18. The minimum absolute atomic E-state index is 0.